The lowest BCUT2D eigenvalue weighted by atomic mass is 10.3. The Balaban J connectivity index is 2.42. The molecule has 1 rings (SSSR count). The Bertz CT molecular complexity index is 521. The van der Waals surface area contributed by atoms with Gasteiger partial charge in [-0.05, 0) is 38.2 Å². The van der Waals surface area contributed by atoms with Gasteiger partial charge in [-0.1, -0.05) is 25.4 Å². The van der Waals surface area contributed by atoms with E-state index in [9.17, 15) is 14.9 Å². The van der Waals surface area contributed by atoms with Gasteiger partial charge in [-0.2, -0.15) is 0 Å². The molecule has 0 heterocycles. The van der Waals surface area contributed by atoms with E-state index in [1.54, 1.807) is 0 Å². The molecule has 0 saturated heterocycles. The summed E-state index contributed by atoms with van der Waals surface area (Å²) in [4.78, 5) is 24.2. The molecule has 0 aliphatic heterocycles. The smallest absolute Gasteiger partial charge is 0.319 e. The Labute approximate surface area is 134 Å². The molecule has 0 aliphatic carbocycles. The van der Waals surface area contributed by atoms with Crippen LogP contribution in [0.1, 0.15) is 20.3 Å². The van der Waals surface area contributed by atoms with E-state index < -0.39 is 11.0 Å². The molecule has 1 aromatic carbocycles. The molecule has 22 heavy (non-hydrogen) atoms. The van der Waals surface area contributed by atoms with E-state index in [-0.39, 0.29) is 10.7 Å². The van der Waals surface area contributed by atoms with Crippen molar-refractivity contribution in [3.05, 3.63) is 33.3 Å². The third-order valence-electron chi connectivity index (χ3n) is 3.23. The first-order chi connectivity index (χ1) is 10.5. The molecule has 1 aromatic rings. The number of nitrogens with one attached hydrogen (secondary N) is 2. The van der Waals surface area contributed by atoms with Gasteiger partial charge in [-0.3, -0.25) is 10.1 Å². The van der Waals surface area contributed by atoms with E-state index >= 15 is 0 Å². The second-order valence-electron chi connectivity index (χ2n) is 4.68. The van der Waals surface area contributed by atoms with Crippen LogP contribution in [0.2, 0.25) is 5.02 Å². The van der Waals surface area contributed by atoms with Crippen molar-refractivity contribution in [2.75, 3.05) is 31.5 Å². The molecule has 2 amide bonds. The lowest BCUT2D eigenvalue weighted by Crippen LogP contribution is -2.32. The number of rotatable bonds is 8. The van der Waals surface area contributed by atoms with Crippen LogP contribution in [0.4, 0.5) is 16.2 Å². The number of hydrogen-bond acceptors (Lipinski definition) is 4. The predicted octanol–water partition coefficient (Wildman–Crippen LogP) is 3.10. The van der Waals surface area contributed by atoms with Gasteiger partial charge in [0.15, 0.2) is 0 Å². The first kappa shape index (κ1) is 18.2. The highest BCUT2D eigenvalue weighted by Crippen LogP contribution is 2.27. The van der Waals surface area contributed by atoms with E-state index in [2.05, 4.69) is 29.4 Å². The Morgan fingerprint density at radius 1 is 1.36 bits per heavy atom. The van der Waals surface area contributed by atoms with Gasteiger partial charge in [0.2, 0.25) is 0 Å². The molecule has 0 saturated carbocycles. The van der Waals surface area contributed by atoms with Crippen LogP contribution in [-0.4, -0.2) is 42.0 Å². The van der Waals surface area contributed by atoms with Gasteiger partial charge in [0.1, 0.15) is 5.02 Å². The van der Waals surface area contributed by atoms with Crippen molar-refractivity contribution in [2.24, 2.45) is 0 Å². The molecule has 0 bridgehead atoms. The highest BCUT2D eigenvalue weighted by Gasteiger charge is 2.13. The number of carbonyl (C=O) groups is 1. The zero-order valence-corrected chi connectivity index (χ0v) is 13.5. The van der Waals surface area contributed by atoms with Gasteiger partial charge in [-0.25, -0.2) is 4.79 Å². The summed E-state index contributed by atoms with van der Waals surface area (Å²) >= 11 is 5.71. The number of urea groups is 1. The van der Waals surface area contributed by atoms with Crippen LogP contribution in [0.5, 0.6) is 0 Å². The zero-order valence-electron chi connectivity index (χ0n) is 12.8. The molecule has 2 N–H and O–H groups in total. The number of halogens is 1. The Morgan fingerprint density at radius 2 is 2.05 bits per heavy atom. The molecule has 0 aromatic heterocycles. The molecule has 0 fully saturated rings. The summed E-state index contributed by atoms with van der Waals surface area (Å²) in [7, 11) is 0. The Hall–Kier alpha value is -1.86. The SMILES string of the molecule is CCN(CC)CCCNC(=O)Nc1ccc(Cl)c([N+](=O)[O-])c1. The van der Waals surface area contributed by atoms with Gasteiger partial charge in [0.05, 0.1) is 4.92 Å². The standard InChI is InChI=1S/C14H21ClN4O3/c1-3-18(4-2)9-5-8-16-14(20)17-11-6-7-12(15)13(10-11)19(21)22/h6-7,10H,3-5,8-9H2,1-2H3,(H2,16,17,20). The summed E-state index contributed by atoms with van der Waals surface area (Å²) < 4.78 is 0. The first-order valence-electron chi connectivity index (χ1n) is 7.19. The minimum atomic E-state index is -0.588. The number of anilines is 1. The Morgan fingerprint density at radius 3 is 2.64 bits per heavy atom. The van der Waals surface area contributed by atoms with Crippen molar-refractivity contribution in [3.8, 4) is 0 Å². The van der Waals surface area contributed by atoms with E-state index in [1.165, 1.54) is 18.2 Å². The number of amides is 2. The summed E-state index contributed by atoms with van der Waals surface area (Å²) in [6.07, 6.45) is 0.843. The van der Waals surface area contributed by atoms with Crippen molar-refractivity contribution in [1.82, 2.24) is 10.2 Å². The molecule has 122 valence electrons. The lowest BCUT2D eigenvalue weighted by molar-refractivity contribution is -0.384. The summed E-state index contributed by atoms with van der Waals surface area (Å²) in [5.74, 6) is 0. The fourth-order valence-corrected chi connectivity index (χ4v) is 2.14. The van der Waals surface area contributed by atoms with Crippen molar-refractivity contribution in [3.63, 3.8) is 0 Å². The highest BCUT2D eigenvalue weighted by atomic mass is 35.5. The number of nitro groups is 1. The summed E-state index contributed by atoms with van der Waals surface area (Å²) in [5, 5.41) is 16.1. The number of benzene rings is 1. The fourth-order valence-electron chi connectivity index (χ4n) is 1.95. The number of nitrogens with zero attached hydrogens (tertiary/aromatic N) is 2. The van der Waals surface area contributed by atoms with Crippen LogP contribution in [0.3, 0.4) is 0 Å². The number of hydrogen-bond donors (Lipinski definition) is 2. The molecule has 0 aliphatic rings. The molecule has 0 unspecified atom stereocenters. The molecule has 8 heteroatoms. The third kappa shape index (κ3) is 5.87. The minimum absolute atomic E-state index is 0.0372. The van der Waals surface area contributed by atoms with Crippen molar-refractivity contribution < 1.29 is 9.72 Å². The largest absolute Gasteiger partial charge is 0.338 e. The predicted molar refractivity (Wildman–Crippen MR) is 87.5 cm³/mol. The van der Waals surface area contributed by atoms with E-state index in [0.29, 0.717) is 12.2 Å². The second kappa shape index (κ2) is 9.22. The second-order valence-corrected chi connectivity index (χ2v) is 5.09. The van der Waals surface area contributed by atoms with Crippen molar-refractivity contribution >= 4 is 29.0 Å². The minimum Gasteiger partial charge on any atom is -0.338 e. The van der Waals surface area contributed by atoms with Gasteiger partial charge in [0, 0.05) is 18.3 Å². The van der Waals surface area contributed by atoms with Crippen LogP contribution in [0.15, 0.2) is 18.2 Å². The van der Waals surface area contributed by atoms with E-state index in [4.69, 9.17) is 11.6 Å². The Kier molecular flexibility index (Phi) is 7.62. The van der Waals surface area contributed by atoms with Crippen LogP contribution in [0, 0.1) is 10.1 Å². The van der Waals surface area contributed by atoms with Crippen LogP contribution in [-0.2, 0) is 0 Å². The molecule has 0 spiro atoms. The third-order valence-corrected chi connectivity index (χ3v) is 3.55. The number of carbonyl (C=O) groups excluding carboxylic acids is 1. The normalized spacial score (nSPS) is 10.5. The maximum Gasteiger partial charge on any atom is 0.319 e. The fraction of sp³-hybridized carbons (Fsp3) is 0.500. The monoisotopic (exact) mass is 328 g/mol. The topological polar surface area (TPSA) is 87.5 Å². The van der Waals surface area contributed by atoms with Crippen LogP contribution < -0.4 is 10.6 Å². The quantitative estimate of drug-likeness (QED) is 0.436. The van der Waals surface area contributed by atoms with Gasteiger partial charge >= 0.3 is 6.03 Å². The van der Waals surface area contributed by atoms with E-state index in [1.807, 2.05) is 0 Å². The molecular weight excluding hydrogens is 308 g/mol. The van der Waals surface area contributed by atoms with Crippen LogP contribution >= 0.6 is 11.6 Å². The molecular formula is C14H21ClN4O3. The zero-order chi connectivity index (χ0) is 16.5. The summed E-state index contributed by atoms with van der Waals surface area (Å²) in [6, 6.07) is 3.74. The lowest BCUT2D eigenvalue weighted by Gasteiger charge is -2.17. The average Bonchev–Trinajstić information content (AvgIpc) is 2.49. The number of nitro benzene ring substituents is 1. The first-order valence-corrected chi connectivity index (χ1v) is 7.56. The highest BCUT2D eigenvalue weighted by molar-refractivity contribution is 6.32. The van der Waals surface area contributed by atoms with Gasteiger partial charge < -0.3 is 15.5 Å². The van der Waals surface area contributed by atoms with Crippen LogP contribution in [0.25, 0.3) is 0 Å². The molecule has 7 nitrogen and oxygen atoms in total. The maximum absolute atomic E-state index is 11.7. The molecule has 0 atom stereocenters. The summed E-state index contributed by atoms with van der Waals surface area (Å²) in [5.41, 5.74) is 0.0957. The van der Waals surface area contributed by atoms with Crippen molar-refractivity contribution in [1.29, 1.82) is 0 Å². The van der Waals surface area contributed by atoms with Gasteiger partial charge in [0.25, 0.3) is 5.69 Å². The maximum atomic E-state index is 11.7. The molecule has 0 radical (unpaired) electrons. The van der Waals surface area contributed by atoms with Gasteiger partial charge in [-0.15, -0.1) is 0 Å². The van der Waals surface area contributed by atoms with Crippen molar-refractivity contribution in [2.45, 2.75) is 20.3 Å². The summed E-state index contributed by atoms with van der Waals surface area (Å²) in [6.45, 7) is 7.61. The average molecular weight is 329 g/mol. The van der Waals surface area contributed by atoms with E-state index in [0.717, 1.165) is 26.1 Å².